The van der Waals surface area contributed by atoms with Gasteiger partial charge in [0.15, 0.2) is 5.69 Å². The number of amides is 1. The van der Waals surface area contributed by atoms with Gasteiger partial charge in [-0.2, -0.15) is 0 Å². The molecule has 1 N–H and O–H groups in total. The van der Waals surface area contributed by atoms with E-state index in [0.29, 0.717) is 40.3 Å². The first kappa shape index (κ1) is 18.6. The summed E-state index contributed by atoms with van der Waals surface area (Å²) in [7, 11) is 0. The number of imidazole rings is 1. The van der Waals surface area contributed by atoms with Gasteiger partial charge in [-0.1, -0.05) is 18.1 Å². The summed E-state index contributed by atoms with van der Waals surface area (Å²) < 4.78 is 16.5. The molecule has 0 spiro atoms. The maximum Gasteiger partial charge on any atom is 0.271 e. The molecule has 1 aliphatic rings. The molecule has 0 aliphatic carbocycles. The number of benzene rings is 2. The average Bonchev–Trinajstić information content (AvgIpc) is 3.13. The van der Waals surface area contributed by atoms with E-state index < -0.39 is 6.04 Å². The van der Waals surface area contributed by atoms with Crippen molar-refractivity contribution in [3.8, 4) is 18.0 Å². The largest absolute Gasteiger partial charge is 0.351 e. The fourth-order valence-corrected chi connectivity index (χ4v) is 3.59. The molecule has 6 heteroatoms. The summed E-state index contributed by atoms with van der Waals surface area (Å²) >= 11 is 0. The smallest absolute Gasteiger partial charge is 0.271 e. The molecule has 1 amide bonds. The van der Waals surface area contributed by atoms with Gasteiger partial charge in [-0.05, 0) is 44.2 Å². The lowest BCUT2D eigenvalue weighted by molar-refractivity contribution is 0.0950. The molecule has 3 aromatic rings. The Balaban J connectivity index is 2.01. The third kappa shape index (κ3) is 3.11. The number of halogens is 1. The number of fused-ring (bicyclic) bond motifs is 3. The van der Waals surface area contributed by atoms with Crippen LogP contribution in [0.15, 0.2) is 53.8 Å². The monoisotopic (exact) mass is 386 g/mol. The van der Waals surface area contributed by atoms with Gasteiger partial charge in [-0.25, -0.2) is 9.37 Å². The molecule has 0 fully saturated rings. The maximum atomic E-state index is 14.7. The van der Waals surface area contributed by atoms with E-state index in [4.69, 9.17) is 11.4 Å². The summed E-state index contributed by atoms with van der Waals surface area (Å²) in [4.78, 5) is 21.7. The lowest BCUT2D eigenvalue weighted by Crippen LogP contribution is -2.24. The maximum absolute atomic E-state index is 14.7. The van der Waals surface area contributed by atoms with Crippen LogP contribution >= 0.6 is 0 Å². The number of nitrogens with zero attached hydrogens (tertiary/aromatic N) is 3. The Hall–Kier alpha value is -3.72. The summed E-state index contributed by atoms with van der Waals surface area (Å²) in [6.45, 7) is 4.21. The van der Waals surface area contributed by atoms with Gasteiger partial charge in [0.2, 0.25) is 0 Å². The standard InChI is InChI=1S/C23H19FN4O/c1-4-15-10-11-19-17(12-15)20(16-8-6-7-9-18(16)24)27-14(3)22-21(23(29)25-5-2)26-13-28(19)22/h1,6-14H,5H2,2-3H3,(H,25,29)/t14-/m1/s1. The molecular weight excluding hydrogens is 367 g/mol. The van der Waals surface area contributed by atoms with Crippen molar-refractivity contribution in [3.63, 3.8) is 0 Å². The summed E-state index contributed by atoms with van der Waals surface area (Å²) in [5, 5.41) is 2.78. The Morgan fingerprint density at radius 3 is 2.79 bits per heavy atom. The first-order chi connectivity index (χ1) is 14.0. The molecule has 5 nitrogen and oxygen atoms in total. The van der Waals surface area contributed by atoms with Crippen molar-refractivity contribution in [1.82, 2.24) is 14.9 Å². The molecule has 0 radical (unpaired) electrons. The lowest BCUT2D eigenvalue weighted by atomic mass is 9.98. The van der Waals surface area contributed by atoms with E-state index in [1.807, 2.05) is 36.6 Å². The number of carbonyl (C=O) groups excluding carboxylic acids is 1. The Kier molecular flexibility index (Phi) is 4.73. The second-order valence-electron chi connectivity index (χ2n) is 6.72. The topological polar surface area (TPSA) is 59.3 Å². The zero-order valence-corrected chi connectivity index (χ0v) is 16.1. The summed E-state index contributed by atoms with van der Waals surface area (Å²) in [5.41, 5.74) is 3.93. The van der Waals surface area contributed by atoms with E-state index in [1.54, 1.807) is 24.5 Å². The van der Waals surface area contributed by atoms with Gasteiger partial charge in [0.1, 0.15) is 12.1 Å². The fourth-order valence-electron chi connectivity index (χ4n) is 3.59. The van der Waals surface area contributed by atoms with E-state index in [9.17, 15) is 9.18 Å². The third-order valence-electron chi connectivity index (χ3n) is 4.88. The predicted octanol–water partition coefficient (Wildman–Crippen LogP) is 3.65. The number of hydrogen-bond donors (Lipinski definition) is 1. The highest BCUT2D eigenvalue weighted by molar-refractivity contribution is 6.15. The van der Waals surface area contributed by atoms with Crippen LogP contribution in [0, 0.1) is 18.2 Å². The number of carbonyl (C=O) groups is 1. The van der Waals surface area contributed by atoms with E-state index >= 15 is 0 Å². The second-order valence-corrected chi connectivity index (χ2v) is 6.72. The van der Waals surface area contributed by atoms with Crippen LogP contribution in [0.2, 0.25) is 0 Å². The van der Waals surface area contributed by atoms with Gasteiger partial charge in [-0.15, -0.1) is 6.42 Å². The molecule has 2 heterocycles. The summed E-state index contributed by atoms with van der Waals surface area (Å²) in [6, 6.07) is 11.5. The lowest BCUT2D eigenvalue weighted by Gasteiger charge is -2.13. The van der Waals surface area contributed by atoms with Gasteiger partial charge in [0.05, 0.1) is 23.1 Å². The van der Waals surface area contributed by atoms with Gasteiger partial charge < -0.3 is 5.32 Å². The van der Waals surface area contributed by atoms with Crippen molar-refractivity contribution in [3.05, 3.63) is 82.7 Å². The minimum Gasteiger partial charge on any atom is -0.351 e. The molecule has 0 bridgehead atoms. The summed E-state index contributed by atoms with van der Waals surface area (Å²) in [6.07, 6.45) is 7.20. The number of nitrogens with one attached hydrogen (secondary N) is 1. The second kappa shape index (κ2) is 7.36. The van der Waals surface area contributed by atoms with E-state index in [0.717, 1.165) is 5.69 Å². The van der Waals surface area contributed by atoms with Crippen molar-refractivity contribution in [1.29, 1.82) is 0 Å². The van der Waals surface area contributed by atoms with Crippen LogP contribution in [-0.2, 0) is 0 Å². The van der Waals surface area contributed by atoms with Gasteiger partial charge in [-0.3, -0.25) is 14.4 Å². The van der Waals surface area contributed by atoms with Crippen LogP contribution in [0.1, 0.15) is 52.8 Å². The fraction of sp³-hybridized carbons (Fsp3) is 0.174. The van der Waals surface area contributed by atoms with Crippen LogP contribution in [0.25, 0.3) is 5.69 Å². The van der Waals surface area contributed by atoms with E-state index in [1.165, 1.54) is 6.07 Å². The highest BCUT2D eigenvalue weighted by atomic mass is 19.1. The highest BCUT2D eigenvalue weighted by Crippen LogP contribution is 2.33. The van der Waals surface area contributed by atoms with Crippen molar-refractivity contribution in [2.24, 2.45) is 4.99 Å². The van der Waals surface area contributed by atoms with Crippen molar-refractivity contribution >= 4 is 11.6 Å². The molecule has 1 aliphatic heterocycles. The minimum absolute atomic E-state index is 0.264. The Bertz CT molecular complexity index is 1190. The molecule has 4 rings (SSSR count). The van der Waals surface area contributed by atoms with Crippen LogP contribution < -0.4 is 5.32 Å². The number of terminal acetylenes is 1. The number of aliphatic imine (C=N–C) groups is 1. The SMILES string of the molecule is C#Cc1ccc2c(c1)C(c1ccccc1F)=N[C@H](C)c1c(C(=O)NCC)ncn1-2. The molecule has 1 aromatic heterocycles. The molecule has 2 aromatic carbocycles. The molecule has 0 unspecified atom stereocenters. The van der Waals surface area contributed by atoms with Crippen molar-refractivity contribution in [2.75, 3.05) is 6.54 Å². The van der Waals surface area contributed by atoms with E-state index in [2.05, 4.69) is 16.2 Å². The number of hydrogen-bond acceptors (Lipinski definition) is 3. The molecule has 144 valence electrons. The number of aromatic nitrogens is 2. The molecule has 0 saturated heterocycles. The first-order valence-corrected chi connectivity index (χ1v) is 9.34. The summed E-state index contributed by atoms with van der Waals surface area (Å²) in [5.74, 6) is 1.99. The van der Waals surface area contributed by atoms with E-state index in [-0.39, 0.29) is 11.7 Å². The third-order valence-corrected chi connectivity index (χ3v) is 4.88. The molecule has 29 heavy (non-hydrogen) atoms. The van der Waals surface area contributed by atoms with Crippen LogP contribution in [0.5, 0.6) is 0 Å². The average molecular weight is 386 g/mol. The van der Waals surface area contributed by atoms with Crippen LogP contribution in [0.4, 0.5) is 4.39 Å². The zero-order chi connectivity index (χ0) is 20.5. The van der Waals surface area contributed by atoms with Crippen molar-refractivity contribution in [2.45, 2.75) is 19.9 Å². The van der Waals surface area contributed by atoms with Gasteiger partial charge >= 0.3 is 0 Å². The molecule has 0 saturated carbocycles. The molecular formula is C23H19FN4O. The molecule has 1 atom stereocenters. The van der Waals surface area contributed by atoms with Crippen molar-refractivity contribution < 1.29 is 9.18 Å². The van der Waals surface area contributed by atoms with Crippen LogP contribution in [-0.4, -0.2) is 27.7 Å². The minimum atomic E-state index is -0.425. The first-order valence-electron chi connectivity index (χ1n) is 9.34. The highest BCUT2D eigenvalue weighted by Gasteiger charge is 2.29. The normalized spacial score (nSPS) is 14.8. The van der Waals surface area contributed by atoms with Crippen LogP contribution in [0.3, 0.4) is 0 Å². The van der Waals surface area contributed by atoms with Gasteiger partial charge in [0, 0.05) is 23.2 Å². The Labute approximate surface area is 168 Å². The van der Waals surface area contributed by atoms with Gasteiger partial charge in [0.25, 0.3) is 5.91 Å². The Morgan fingerprint density at radius 2 is 2.07 bits per heavy atom. The quantitative estimate of drug-likeness (QED) is 0.699. The zero-order valence-electron chi connectivity index (χ0n) is 16.1. The predicted molar refractivity (Wildman–Crippen MR) is 110 cm³/mol. The number of rotatable bonds is 3. The Morgan fingerprint density at radius 1 is 1.28 bits per heavy atom.